The number of anilines is 1. The number of hydrogen-bond donors (Lipinski definition) is 0. The van der Waals surface area contributed by atoms with Crippen molar-refractivity contribution >= 4 is 28.1 Å². The van der Waals surface area contributed by atoms with Gasteiger partial charge in [-0.2, -0.15) is 10.2 Å². The minimum absolute atomic E-state index is 0.862. The summed E-state index contributed by atoms with van der Waals surface area (Å²) in [6.45, 7) is 7.45. The monoisotopic (exact) mass is 394 g/mol. The third kappa shape index (κ3) is 4.82. The zero-order valence-electron chi connectivity index (χ0n) is 18.8. The maximum Gasteiger partial charge on any atom is 0.253 e. The maximum absolute atomic E-state index is 4.46. The fraction of sp³-hybridized carbons (Fsp3) is 0.435. The predicted octanol–water partition coefficient (Wildman–Crippen LogP) is 4.26. The van der Waals surface area contributed by atoms with Gasteiger partial charge in [0.15, 0.2) is 11.0 Å². The van der Waals surface area contributed by atoms with E-state index in [2.05, 4.69) is 97.6 Å². The van der Waals surface area contributed by atoms with E-state index in [4.69, 9.17) is 0 Å². The van der Waals surface area contributed by atoms with Crippen molar-refractivity contribution < 1.29 is 9.05 Å². The lowest BCUT2D eigenvalue weighted by molar-refractivity contribution is -0.868. The minimum Gasteiger partial charge on any atom is -0.366 e. The molecule has 0 aliphatic rings. The lowest BCUT2D eigenvalue weighted by atomic mass is 10.2. The van der Waals surface area contributed by atoms with Crippen molar-refractivity contribution in [3.8, 4) is 0 Å². The van der Waals surface area contributed by atoms with Crippen molar-refractivity contribution in [2.24, 2.45) is 24.3 Å². The SMILES string of the molecule is CCN(CC[N+](C)(C)C)c1ccc(N=Nc2ccc3c(c2)[n+](C)c(C)n3C)cc1. The zero-order chi connectivity index (χ0) is 21.2. The Kier molecular flexibility index (Phi) is 6.03. The third-order valence-electron chi connectivity index (χ3n) is 5.57. The van der Waals surface area contributed by atoms with Crippen LogP contribution in [0.2, 0.25) is 0 Å². The van der Waals surface area contributed by atoms with Gasteiger partial charge >= 0.3 is 0 Å². The van der Waals surface area contributed by atoms with Crippen molar-refractivity contribution in [3.05, 3.63) is 48.3 Å². The van der Waals surface area contributed by atoms with E-state index in [1.54, 1.807) is 0 Å². The van der Waals surface area contributed by atoms with Gasteiger partial charge in [0.1, 0.15) is 0 Å². The summed E-state index contributed by atoms with van der Waals surface area (Å²) in [6, 6.07) is 14.6. The van der Waals surface area contributed by atoms with Crippen molar-refractivity contribution in [2.45, 2.75) is 13.8 Å². The number of quaternary nitrogens is 1. The first kappa shape index (κ1) is 21.0. The smallest absolute Gasteiger partial charge is 0.253 e. The molecule has 0 N–H and O–H groups in total. The van der Waals surface area contributed by atoms with Crippen LogP contribution < -0.4 is 9.47 Å². The highest BCUT2D eigenvalue weighted by Crippen LogP contribution is 2.24. The van der Waals surface area contributed by atoms with Gasteiger partial charge in [0, 0.05) is 25.2 Å². The van der Waals surface area contributed by atoms with E-state index in [0.29, 0.717) is 0 Å². The molecule has 3 rings (SSSR count). The molecule has 6 nitrogen and oxygen atoms in total. The molecule has 3 aromatic rings. The summed E-state index contributed by atoms with van der Waals surface area (Å²) < 4.78 is 5.33. The molecule has 0 unspecified atom stereocenters. The van der Waals surface area contributed by atoms with E-state index in [1.165, 1.54) is 17.0 Å². The minimum atomic E-state index is 0.862. The van der Waals surface area contributed by atoms with Gasteiger partial charge in [0.25, 0.3) is 5.82 Å². The zero-order valence-corrected chi connectivity index (χ0v) is 18.8. The second kappa shape index (κ2) is 8.33. The van der Waals surface area contributed by atoms with E-state index in [1.807, 2.05) is 18.2 Å². The van der Waals surface area contributed by atoms with E-state index >= 15 is 0 Å². The Morgan fingerprint density at radius 1 is 1.00 bits per heavy atom. The fourth-order valence-electron chi connectivity index (χ4n) is 3.44. The largest absolute Gasteiger partial charge is 0.366 e. The number of rotatable bonds is 7. The van der Waals surface area contributed by atoms with Gasteiger partial charge < -0.3 is 9.38 Å². The van der Waals surface area contributed by atoms with Gasteiger partial charge in [-0.25, -0.2) is 9.13 Å². The summed E-state index contributed by atoms with van der Waals surface area (Å²) in [5, 5.41) is 8.90. The average Bonchev–Trinajstić information content (AvgIpc) is 2.91. The molecule has 1 aromatic heterocycles. The Morgan fingerprint density at radius 2 is 1.62 bits per heavy atom. The molecule has 154 valence electrons. The summed E-state index contributed by atoms with van der Waals surface area (Å²) in [5.41, 5.74) is 5.31. The molecule has 0 bridgehead atoms. The number of imidazole rings is 1. The second-order valence-electron chi connectivity index (χ2n) is 8.65. The van der Waals surface area contributed by atoms with Crippen molar-refractivity contribution in [3.63, 3.8) is 0 Å². The average molecular weight is 395 g/mol. The Morgan fingerprint density at radius 3 is 2.24 bits per heavy atom. The number of benzene rings is 2. The highest BCUT2D eigenvalue weighted by molar-refractivity contribution is 5.76. The van der Waals surface area contributed by atoms with Crippen LogP contribution in [0.15, 0.2) is 52.7 Å². The first-order valence-corrected chi connectivity index (χ1v) is 10.2. The number of nitrogens with zero attached hydrogens (tertiary/aromatic N) is 6. The molecule has 1 heterocycles. The predicted molar refractivity (Wildman–Crippen MR) is 120 cm³/mol. The van der Waals surface area contributed by atoms with Gasteiger partial charge in [0.2, 0.25) is 0 Å². The third-order valence-corrected chi connectivity index (χ3v) is 5.57. The van der Waals surface area contributed by atoms with Crippen LogP contribution in [-0.4, -0.2) is 49.8 Å². The van der Waals surface area contributed by atoms with Gasteiger partial charge in [-0.05, 0) is 43.3 Å². The molecule has 0 atom stereocenters. The van der Waals surface area contributed by atoms with Gasteiger partial charge in [-0.15, -0.1) is 0 Å². The summed E-state index contributed by atoms with van der Waals surface area (Å²) in [4.78, 5) is 2.40. The molecule has 0 aliphatic heterocycles. The molecule has 0 spiro atoms. The lowest BCUT2D eigenvalue weighted by Gasteiger charge is -2.29. The fourth-order valence-corrected chi connectivity index (χ4v) is 3.44. The van der Waals surface area contributed by atoms with Gasteiger partial charge in [-0.3, -0.25) is 0 Å². The molecule has 29 heavy (non-hydrogen) atoms. The van der Waals surface area contributed by atoms with Crippen LogP contribution in [0.25, 0.3) is 11.0 Å². The first-order valence-electron chi connectivity index (χ1n) is 10.2. The molecule has 6 heteroatoms. The van der Waals surface area contributed by atoms with Crippen LogP contribution in [0, 0.1) is 6.92 Å². The molecule has 0 fully saturated rings. The van der Waals surface area contributed by atoms with Gasteiger partial charge in [0.05, 0.1) is 59.7 Å². The van der Waals surface area contributed by atoms with Crippen LogP contribution in [0.4, 0.5) is 17.1 Å². The van der Waals surface area contributed by atoms with E-state index in [0.717, 1.165) is 41.0 Å². The topological polar surface area (TPSA) is 36.8 Å². The first-order chi connectivity index (χ1) is 13.7. The highest BCUT2D eigenvalue weighted by atomic mass is 15.3. The van der Waals surface area contributed by atoms with E-state index in [9.17, 15) is 0 Å². The molecular weight excluding hydrogens is 360 g/mol. The standard InChI is InChI=1S/C23H34N6/c1-8-28(15-16-29(5,6)7)21-12-9-19(10-13-21)24-25-20-11-14-22-23(17-20)27(4)18(2)26(22)3/h9-14,17H,8,15-16H2,1-7H3/q+2. The van der Waals surface area contributed by atoms with Crippen LogP contribution in [0.3, 0.4) is 0 Å². The van der Waals surface area contributed by atoms with Crippen molar-refractivity contribution in [1.82, 2.24) is 4.57 Å². The van der Waals surface area contributed by atoms with Crippen LogP contribution in [-0.2, 0) is 14.1 Å². The Balaban J connectivity index is 1.74. The Hall–Kier alpha value is -2.73. The number of aryl methyl sites for hydroxylation is 2. The number of hydrogen-bond acceptors (Lipinski definition) is 3. The number of likely N-dealkylation sites (N-methyl/N-ethyl adjacent to an activating group) is 2. The molecule has 0 radical (unpaired) electrons. The normalized spacial score (nSPS) is 12.2. The van der Waals surface area contributed by atoms with Crippen LogP contribution in [0.5, 0.6) is 0 Å². The molecule has 0 saturated heterocycles. The van der Waals surface area contributed by atoms with E-state index < -0.39 is 0 Å². The number of aromatic nitrogens is 2. The summed E-state index contributed by atoms with van der Waals surface area (Å²) >= 11 is 0. The van der Waals surface area contributed by atoms with Crippen molar-refractivity contribution in [2.75, 3.05) is 45.7 Å². The molecule has 2 aromatic carbocycles. The quantitative estimate of drug-likeness (QED) is 0.335. The second-order valence-corrected chi connectivity index (χ2v) is 8.65. The number of fused-ring (bicyclic) bond motifs is 1. The molecule has 0 amide bonds. The summed E-state index contributed by atoms with van der Waals surface area (Å²) in [7, 11) is 10.8. The summed E-state index contributed by atoms with van der Waals surface area (Å²) in [6.07, 6.45) is 0. The highest BCUT2D eigenvalue weighted by Gasteiger charge is 2.16. The van der Waals surface area contributed by atoms with Crippen molar-refractivity contribution in [1.29, 1.82) is 0 Å². The van der Waals surface area contributed by atoms with Gasteiger partial charge in [-0.1, -0.05) is 0 Å². The maximum atomic E-state index is 4.46. The van der Waals surface area contributed by atoms with E-state index in [-0.39, 0.29) is 0 Å². The Labute approximate surface area is 174 Å². The number of azo groups is 1. The van der Waals surface area contributed by atoms with Crippen LogP contribution >= 0.6 is 0 Å². The molecular formula is C23H34N6+2. The molecule has 0 aliphatic carbocycles. The lowest BCUT2D eigenvalue weighted by Crippen LogP contribution is -2.42. The van der Waals surface area contributed by atoms with Crippen LogP contribution in [0.1, 0.15) is 12.7 Å². The molecule has 0 saturated carbocycles. The Bertz CT molecular complexity index is 1010. The summed E-state index contributed by atoms with van der Waals surface area (Å²) in [5.74, 6) is 1.20.